The molecule has 0 aliphatic carbocycles. The summed E-state index contributed by atoms with van der Waals surface area (Å²) in [5, 5.41) is 3.48. The third-order valence-corrected chi connectivity index (χ3v) is 5.03. The molecule has 138 valence electrons. The van der Waals surface area contributed by atoms with Crippen LogP contribution in [0.5, 0.6) is 17.2 Å². The summed E-state index contributed by atoms with van der Waals surface area (Å²) >= 11 is 0. The van der Waals surface area contributed by atoms with Gasteiger partial charge in [0.2, 0.25) is 6.79 Å². The van der Waals surface area contributed by atoms with E-state index in [1.165, 1.54) is 11.3 Å². The fraction of sp³-hybridized carbons (Fsp3) is 0.429. The van der Waals surface area contributed by atoms with Gasteiger partial charge in [-0.3, -0.25) is 0 Å². The van der Waals surface area contributed by atoms with Gasteiger partial charge in [0.15, 0.2) is 11.5 Å². The first-order valence-electron chi connectivity index (χ1n) is 9.30. The van der Waals surface area contributed by atoms with Gasteiger partial charge in [0.25, 0.3) is 0 Å². The zero-order valence-electron chi connectivity index (χ0n) is 15.4. The van der Waals surface area contributed by atoms with Gasteiger partial charge in [-0.05, 0) is 35.7 Å². The molecular formula is C21H26N2O3. The van der Waals surface area contributed by atoms with Crippen molar-refractivity contribution in [2.24, 2.45) is 0 Å². The Morgan fingerprint density at radius 3 is 2.73 bits per heavy atom. The van der Waals surface area contributed by atoms with E-state index in [0.29, 0.717) is 18.6 Å². The lowest BCUT2D eigenvalue weighted by Crippen LogP contribution is -2.54. The van der Waals surface area contributed by atoms with Gasteiger partial charge in [0.1, 0.15) is 12.4 Å². The SMILES string of the molecule is CC(C)c1ccc(N2CCNCC2COc2ccc3c(c2)OCO3)cc1. The molecule has 1 fully saturated rings. The molecule has 2 aromatic rings. The number of anilines is 1. The topological polar surface area (TPSA) is 43.0 Å². The number of nitrogens with zero attached hydrogens (tertiary/aromatic N) is 1. The summed E-state index contributed by atoms with van der Waals surface area (Å²) in [5.74, 6) is 2.90. The molecule has 2 aliphatic rings. The zero-order chi connectivity index (χ0) is 17.9. The second-order valence-corrected chi connectivity index (χ2v) is 7.12. The van der Waals surface area contributed by atoms with Crippen LogP contribution in [-0.4, -0.2) is 39.1 Å². The molecular weight excluding hydrogens is 328 g/mol. The van der Waals surface area contributed by atoms with Gasteiger partial charge < -0.3 is 24.4 Å². The van der Waals surface area contributed by atoms with Crippen LogP contribution in [0.15, 0.2) is 42.5 Å². The predicted molar refractivity (Wildman–Crippen MR) is 103 cm³/mol. The maximum absolute atomic E-state index is 6.07. The van der Waals surface area contributed by atoms with Crippen LogP contribution in [-0.2, 0) is 0 Å². The Labute approximate surface area is 154 Å². The van der Waals surface area contributed by atoms with Gasteiger partial charge >= 0.3 is 0 Å². The van der Waals surface area contributed by atoms with Crippen LogP contribution in [0.3, 0.4) is 0 Å². The average molecular weight is 354 g/mol. The molecule has 2 aliphatic heterocycles. The monoisotopic (exact) mass is 354 g/mol. The number of rotatable bonds is 5. The molecule has 0 saturated carbocycles. The van der Waals surface area contributed by atoms with E-state index < -0.39 is 0 Å². The van der Waals surface area contributed by atoms with Crippen LogP contribution in [0.2, 0.25) is 0 Å². The first-order valence-corrected chi connectivity index (χ1v) is 9.30. The van der Waals surface area contributed by atoms with Gasteiger partial charge in [-0.25, -0.2) is 0 Å². The summed E-state index contributed by atoms with van der Waals surface area (Å²) in [4.78, 5) is 2.44. The van der Waals surface area contributed by atoms with Gasteiger partial charge in [0, 0.05) is 31.4 Å². The highest BCUT2D eigenvalue weighted by atomic mass is 16.7. The van der Waals surface area contributed by atoms with Crippen molar-refractivity contribution in [2.45, 2.75) is 25.8 Å². The van der Waals surface area contributed by atoms with Gasteiger partial charge in [0.05, 0.1) is 6.04 Å². The number of benzene rings is 2. The Morgan fingerprint density at radius 1 is 1.12 bits per heavy atom. The lowest BCUT2D eigenvalue weighted by molar-refractivity contribution is 0.173. The number of fused-ring (bicyclic) bond motifs is 1. The highest BCUT2D eigenvalue weighted by Gasteiger charge is 2.23. The van der Waals surface area contributed by atoms with Crippen molar-refractivity contribution in [1.82, 2.24) is 5.32 Å². The third kappa shape index (κ3) is 3.58. The van der Waals surface area contributed by atoms with E-state index in [1.807, 2.05) is 18.2 Å². The minimum Gasteiger partial charge on any atom is -0.491 e. The summed E-state index contributed by atoms with van der Waals surface area (Å²) in [6.45, 7) is 8.24. The second-order valence-electron chi connectivity index (χ2n) is 7.12. The second kappa shape index (κ2) is 7.46. The standard InChI is InChI=1S/C21H26N2O3/c1-15(2)16-3-5-17(6-4-16)23-10-9-22-12-18(23)13-24-19-7-8-20-21(11-19)26-14-25-20/h3-8,11,15,18,22H,9-10,12-14H2,1-2H3. The summed E-state index contributed by atoms with van der Waals surface area (Å²) < 4.78 is 16.8. The fourth-order valence-corrected chi connectivity index (χ4v) is 3.46. The van der Waals surface area contributed by atoms with Crippen molar-refractivity contribution in [1.29, 1.82) is 0 Å². The molecule has 0 bridgehead atoms. The van der Waals surface area contributed by atoms with E-state index in [-0.39, 0.29) is 6.79 Å². The van der Waals surface area contributed by atoms with Crippen LogP contribution in [0.25, 0.3) is 0 Å². The lowest BCUT2D eigenvalue weighted by atomic mass is 10.0. The summed E-state index contributed by atoms with van der Waals surface area (Å²) in [6, 6.07) is 15.0. The van der Waals surface area contributed by atoms with Crippen LogP contribution < -0.4 is 24.4 Å². The van der Waals surface area contributed by atoms with Crippen molar-refractivity contribution in [3.8, 4) is 17.2 Å². The molecule has 4 rings (SSSR count). The number of nitrogens with one attached hydrogen (secondary N) is 1. The van der Waals surface area contributed by atoms with E-state index in [1.54, 1.807) is 0 Å². The minimum atomic E-state index is 0.283. The van der Waals surface area contributed by atoms with Gasteiger partial charge in [-0.15, -0.1) is 0 Å². The molecule has 1 N–H and O–H groups in total. The molecule has 1 unspecified atom stereocenters. The van der Waals surface area contributed by atoms with Crippen LogP contribution in [0.4, 0.5) is 5.69 Å². The highest BCUT2D eigenvalue weighted by molar-refractivity contribution is 5.50. The summed E-state index contributed by atoms with van der Waals surface area (Å²) in [5.41, 5.74) is 2.63. The third-order valence-electron chi connectivity index (χ3n) is 5.03. The normalized spacial score (nSPS) is 19.0. The molecule has 2 heterocycles. The Kier molecular flexibility index (Phi) is 4.89. The van der Waals surface area contributed by atoms with Gasteiger partial charge in [-0.1, -0.05) is 26.0 Å². The average Bonchev–Trinajstić information content (AvgIpc) is 3.14. The highest BCUT2D eigenvalue weighted by Crippen LogP contribution is 2.35. The molecule has 1 saturated heterocycles. The predicted octanol–water partition coefficient (Wildman–Crippen LogP) is 3.40. The molecule has 0 spiro atoms. The molecule has 0 amide bonds. The molecule has 0 radical (unpaired) electrons. The number of piperazine rings is 1. The fourth-order valence-electron chi connectivity index (χ4n) is 3.46. The molecule has 5 nitrogen and oxygen atoms in total. The quantitative estimate of drug-likeness (QED) is 0.891. The summed E-state index contributed by atoms with van der Waals surface area (Å²) in [6.07, 6.45) is 0. The lowest BCUT2D eigenvalue weighted by Gasteiger charge is -2.38. The number of ether oxygens (including phenoxy) is 3. The Bertz CT molecular complexity index is 745. The molecule has 5 heteroatoms. The maximum Gasteiger partial charge on any atom is 0.231 e. The smallest absolute Gasteiger partial charge is 0.231 e. The Hall–Kier alpha value is -2.40. The van der Waals surface area contributed by atoms with E-state index >= 15 is 0 Å². The van der Waals surface area contributed by atoms with Crippen molar-refractivity contribution in [2.75, 3.05) is 37.9 Å². The Morgan fingerprint density at radius 2 is 1.92 bits per heavy atom. The van der Waals surface area contributed by atoms with Crippen LogP contribution >= 0.6 is 0 Å². The number of hydrogen-bond acceptors (Lipinski definition) is 5. The maximum atomic E-state index is 6.07. The zero-order valence-corrected chi connectivity index (χ0v) is 15.4. The first kappa shape index (κ1) is 17.0. The molecule has 26 heavy (non-hydrogen) atoms. The first-order chi connectivity index (χ1) is 12.7. The van der Waals surface area contributed by atoms with Crippen molar-refractivity contribution in [3.05, 3.63) is 48.0 Å². The van der Waals surface area contributed by atoms with Gasteiger partial charge in [-0.2, -0.15) is 0 Å². The number of hydrogen-bond donors (Lipinski definition) is 1. The molecule has 2 aromatic carbocycles. The summed E-state index contributed by atoms with van der Waals surface area (Å²) in [7, 11) is 0. The minimum absolute atomic E-state index is 0.283. The van der Waals surface area contributed by atoms with E-state index in [4.69, 9.17) is 14.2 Å². The van der Waals surface area contributed by atoms with E-state index in [0.717, 1.165) is 36.9 Å². The van der Waals surface area contributed by atoms with E-state index in [9.17, 15) is 0 Å². The van der Waals surface area contributed by atoms with Crippen LogP contribution in [0, 0.1) is 0 Å². The van der Waals surface area contributed by atoms with Crippen molar-refractivity contribution >= 4 is 5.69 Å². The molecule has 1 atom stereocenters. The van der Waals surface area contributed by atoms with Crippen molar-refractivity contribution < 1.29 is 14.2 Å². The van der Waals surface area contributed by atoms with Crippen LogP contribution in [0.1, 0.15) is 25.3 Å². The molecule has 0 aromatic heterocycles. The van der Waals surface area contributed by atoms with Crippen molar-refractivity contribution in [3.63, 3.8) is 0 Å². The largest absolute Gasteiger partial charge is 0.491 e. The van der Waals surface area contributed by atoms with E-state index in [2.05, 4.69) is 48.3 Å². The Balaban J connectivity index is 1.44.